The molecule has 21 heavy (non-hydrogen) atoms. The average molecular weight is 293 g/mol. The molecule has 1 aliphatic rings. The van der Waals surface area contributed by atoms with E-state index in [2.05, 4.69) is 0 Å². The summed E-state index contributed by atoms with van der Waals surface area (Å²) in [4.78, 5) is 13.9. The largest absolute Gasteiger partial charge is 0.491 e. The first-order chi connectivity index (χ1) is 10.1. The smallest absolute Gasteiger partial charge is 0.253 e. The molecule has 2 rings (SSSR count). The van der Waals surface area contributed by atoms with Crippen molar-refractivity contribution in [2.45, 2.75) is 18.9 Å². The molecular formula is C16H23NO4. The maximum Gasteiger partial charge on any atom is 0.253 e. The molecule has 0 aliphatic heterocycles. The minimum atomic E-state index is -0.417. The number of benzene rings is 1. The number of aliphatic hydroxyl groups excluding tert-OH is 1. The van der Waals surface area contributed by atoms with E-state index < -0.39 is 6.10 Å². The Kier molecular flexibility index (Phi) is 5.59. The number of aliphatic hydroxyl groups is 1. The van der Waals surface area contributed by atoms with Crippen molar-refractivity contribution in [3.05, 3.63) is 29.8 Å². The predicted octanol–water partition coefficient (Wildman–Crippen LogP) is 1.55. The lowest BCUT2D eigenvalue weighted by Gasteiger charge is -2.21. The average Bonchev–Trinajstić information content (AvgIpc) is 3.31. The standard InChI is InChI=1S/C16H23NO4/c1-17(11-15(18)12-6-7-12)16(19)13-4-3-5-14(10-13)21-9-8-20-2/h3-5,10,12,15,18H,6-9,11H2,1-2H3. The molecule has 0 aromatic heterocycles. The summed E-state index contributed by atoms with van der Waals surface area (Å²) in [6, 6.07) is 7.08. The number of hydrogen-bond acceptors (Lipinski definition) is 4. The summed E-state index contributed by atoms with van der Waals surface area (Å²) < 4.78 is 10.4. The zero-order chi connectivity index (χ0) is 15.2. The van der Waals surface area contributed by atoms with E-state index in [-0.39, 0.29) is 5.91 Å². The Morgan fingerprint density at radius 3 is 2.86 bits per heavy atom. The summed E-state index contributed by atoms with van der Waals surface area (Å²) in [5.41, 5.74) is 0.565. The van der Waals surface area contributed by atoms with E-state index in [0.29, 0.717) is 37.0 Å². The highest BCUT2D eigenvalue weighted by Crippen LogP contribution is 2.32. The van der Waals surface area contributed by atoms with Crippen molar-refractivity contribution >= 4 is 5.91 Å². The fraction of sp³-hybridized carbons (Fsp3) is 0.562. The van der Waals surface area contributed by atoms with Crippen LogP contribution >= 0.6 is 0 Å². The molecule has 0 spiro atoms. The number of nitrogens with zero attached hydrogens (tertiary/aromatic N) is 1. The molecule has 1 amide bonds. The predicted molar refractivity (Wildman–Crippen MR) is 79.5 cm³/mol. The van der Waals surface area contributed by atoms with Crippen LogP contribution in [0, 0.1) is 5.92 Å². The summed E-state index contributed by atoms with van der Waals surface area (Å²) >= 11 is 0. The Morgan fingerprint density at radius 2 is 2.19 bits per heavy atom. The van der Waals surface area contributed by atoms with Crippen LogP contribution in [-0.4, -0.2) is 55.9 Å². The van der Waals surface area contributed by atoms with E-state index in [0.717, 1.165) is 12.8 Å². The first kappa shape index (κ1) is 15.8. The van der Waals surface area contributed by atoms with Crippen molar-refractivity contribution in [1.82, 2.24) is 4.90 Å². The van der Waals surface area contributed by atoms with E-state index >= 15 is 0 Å². The third-order valence-electron chi connectivity index (χ3n) is 3.61. The minimum absolute atomic E-state index is 0.105. The molecule has 1 aromatic carbocycles. The Hall–Kier alpha value is -1.59. The van der Waals surface area contributed by atoms with Crippen LogP contribution in [0.3, 0.4) is 0 Å². The summed E-state index contributed by atoms with van der Waals surface area (Å²) in [5, 5.41) is 9.92. The first-order valence-corrected chi connectivity index (χ1v) is 7.27. The van der Waals surface area contributed by atoms with Gasteiger partial charge < -0.3 is 19.5 Å². The molecule has 0 saturated heterocycles. The summed E-state index contributed by atoms with van der Waals surface area (Å²) in [6.07, 6.45) is 1.71. The number of methoxy groups -OCH3 is 1. The summed E-state index contributed by atoms with van der Waals surface area (Å²) in [7, 11) is 3.33. The van der Waals surface area contributed by atoms with E-state index in [1.54, 1.807) is 37.3 Å². The lowest BCUT2D eigenvalue weighted by atomic mass is 10.1. The fourth-order valence-electron chi connectivity index (χ4n) is 2.18. The molecule has 1 atom stereocenters. The van der Waals surface area contributed by atoms with Crippen LogP contribution in [0.15, 0.2) is 24.3 Å². The highest BCUT2D eigenvalue weighted by atomic mass is 16.5. The Balaban J connectivity index is 1.92. The fourth-order valence-corrected chi connectivity index (χ4v) is 2.18. The zero-order valence-corrected chi connectivity index (χ0v) is 12.6. The quantitative estimate of drug-likeness (QED) is 0.739. The van der Waals surface area contributed by atoms with Crippen molar-refractivity contribution < 1.29 is 19.4 Å². The molecule has 5 heteroatoms. The lowest BCUT2D eigenvalue weighted by molar-refractivity contribution is 0.0645. The minimum Gasteiger partial charge on any atom is -0.491 e. The van der Waals surface area contributed by atoms with Crippen LogP contribution < -0.4 is 4.74 Å². The monoisotopic (exact) mass is 293 g/mol. The van der Waals surface area contributed by atoms with Gasteiger partial charge in [0.15, 0.2) is 0 Å². The van der Waals surface area contributed by atoms with Gasteiger partial charge in [-0.15, -0.1) is 0 Å². The maximum absolute atomic E-state index is 12.3. The molecule has 1 saturated carbocycles. The number of hydrogen-bond donors (Lipinski definition) is 1. The van der Waals surface area contributed by atoms with Crippen molar-refractivity contribution in [3.8, 4) is 5.75 Å². The topological polar surface area (TPSA) is 59.0 Å². The van der Waals surface area contributed by atoms with Gasteiger partial charge in [-0.1, -0.05) is 6.07 Å². The van der Waals surface area contributed by atoms with Gasteiger partial charge in [0.2, 0.25) is 0 Å². The van der Waals surface area contributed by atoms with Crippen molar-refractivity contribution in [2.75, 3.05) is 33.9 Å². The first-order valence-electron chi connectivity index (χ1n) is 7.27. The van der Waals surface area contributed by atoms with Gasteiger partial charge in [0, 0.05) is 26.3 Å². The van der Waals surface area contributed by atoms with Gasteiger partial charge in [-0.25, -0.2) is 0 Å². The van der Waals surface area contributed by atoms with Crippen LogP contribution in [0.5, 0.6) is 5.75 Å². The molecule has 5 nitrogen and oxygen atoms in total. The number of rotatable bonds is 8. The number of carbonyl (C=O) groups excluding carboxylic acids is 1. The van der Waals surface area contributed by atoms with E-state index in [1.807, 2.05) is 6.07 Å². The van der Waals surface area contributed by atoms with Gasteiger partial charge in [-0.3, -0.25) is 4.79 Å². The molecule has 1 unspecified atom stereocenters. The Morgan fingerprint density at radius 1 is 1.43 bits per heavy atom. The third kappa shape index (κ3) is 4.72. The van der Waals surface area contributed by atoms with Crippen molar-refractivity contribution in [2.24, 2.45) is 5.92 Å². The van der Waals surface area contributed by atoms with E-state index in [9.17, 15) is 9.90 Å². The maximum atomic E-state index is 12.3. The second-order valence-corrected chi connectivity index (χ2v) is 5.46. The molecule has 1 aromatic rings. The van der Waals surface area contributed by atoms with Gasteiger partial charge >= 0.3 is 0 Å². The SMILES string of the molecule is COCCOc1cccc(C(=O)N(C)CC(O)C2CC2)c1. The third-order valence-corrected chi connectivity index (χ3v) is 3.61. The molecule has 116 valence electrons. The molecule has 1 fully saturated rings. The number of amides is 1. The van der Waals surface area contributed by atoms with Crippen LogP contribution in [0.25, 0.3) is 0 Å². The van der Waals surface area contributed by atoms with Crippen LogP contribution in [0.4, 0.5) is 0 Å². The van der Waals surface area contributed by atoms with Gasteiger partial charge in [0.05, 0.1) is 12.7 Å². The van der Waals surface area contributed by atoms with Crippen LogP contribution in [-0.2, 0) is 4.74 Å². The van der Waals surface area contributed by atoms with E-state index in [1.165, 1.54) is 0 Å². The molecule has 0 bridgehead atoms. The normalized spacial score (nSPS) is 15.6. The summed E-state index contributed by atoms with van der Waals surface area (Å²) in [5.74, 6) is 0.907. The summed E-state index contributed by atoms with van der Waals surface area (Å²) in [6.45, 7) is 1.33. The van der Waals surface area contributed by atoms with Crippen LogP contribution in [0.1, 0.15) is 23.2 Å². The van der Waals surface area contributed by atoms with Gasteiger partial charge in [0.25, 0.3) is 5.91 Å². The van der Waals surface area contributed by atoms with Crippen molar-refractivity contribution in [1.29, 1.82) is 0 Å². The lowest BCUT2D eigenvalue weighted by Crippen LogP contribution is -2.35. The molecule has 1 N–H and O–H groups in total. The molecule has 0 radical (unpaired) electrons. The highest BCUT2D eigenvalue weighted by Gasteiger charge is 2.31. The number of likely N-dealkylation sites (N-methyl/N-ethyl adjacent to an activating group) is 1. The number of carbonyl (C=O) groups is 1. The highest BCUT2D eigenvalue weighted by molar-refractivity contribution is 5.94. The molecule has 1 aliphatic carbocycles. The second kappa shape index (κ2) is 7.43. The van der Waals surface area contributed by atoms with Gasteiger partial charge in [0.1, 0.15) is 12.4 Å². The van der Waals surface area contributed by atoms with Gasteiger partial charge in [-0.05, 0) is 37.0 Å². The van der Waals surface area contributed by atoms with E-state index in [4.69, 9.17) is 9.47 Å². The van der Waals surface area contributed by atoms with Crippen molar-refractivity contribution in [3.63, 3.8) is 0 Å². The molecular weight excluding hydrogens is 270 g/mol. The Labute approximate surface area is 125 Å². The van der Waals surface area contributed by atoms with Gasteiger partial charge in [-0.2, -0.15) is 0 Å². The zero-order valence-electron chi connectivity index (χ0n) is 12.6. The van der Waals surface area contributed by atoms with Crippen LogP contribution in [0.2, 0.25) is 0 Å². The second-order valence-electron chi connectivity index (χ2n) is 5.46. The Bertz CT molecular complexity index is 473. The number of ether oxygens (including phenoxy) is 2. The molecule has 0 heterocycles.